The lowest BCUT2D eigenvalue weighted by Crippen LogP contribution is -2.47. The number of amides is 1. The molecule has 6 heteroatoms. The fraction of sp³-hybridized carbons (Fsp3) is 0.611. The third-order valence-electron chi connectivity index (χ3n) is 4.13. The van der Waals surface area contributed by atoms with Gasteiger partial charge in [0.05, 0.1) is 18.8 Å². The van der Waals surface area contributed by atoms with Crippen molar-refractivity contribution in [2.24, 2.45) is 5.92 Å². The first-order valence-electron chi connectivity index (χ1n) is 8.44. The van der Waals surface area contributed by atoms with Gasteiger partial charge in [0.2, 0.25) is 5.91 Å². The Balaban J connectivity index is 2.19. The van der Waals surface area contributed by atoms with Gasteiger partial charge in [-0.25, -0.2) is 4.39 Å². The largest absolute Gasteiger partial charge is 0.376 e. The molecule has 24 heavy (non-hydrogen) atoms. The van der Waals surface area contributed by atoms with E-state index >= 15 is 0 Å². The van der Waals surface area contributed by atoms with Crippen LogP contribution >= 0.6 is 11.6 Å². The number of ether oxygens (including phenoxy) is 1. The summed E-state index contributed by atoms with van der Waals surface area (Å²) in [7, 11) is 0. The first-order chi connectivity index (χ1) is 11.4. The summed E-state index contributed by atoms with van der Waals surface area (Å²) in [5, 5.41) is 3.32. The Bertz CT molecular complexity index is 548. The van der Waals surface area contributed by atoms with Crippen molar-refractivity contribution in [1.82, 2.24) is 10.2 Å². The third kappa shape index (κ3) is 5.16. The van der Waals surface area contributed by atoms with E-state index in [9.17, 15) is 9.18 Å². The lowest BCUT2D eigenvalue weighted by Gasteiger charge is -2.38. The molecule has 1 aromatic carbocycles. The lowest BCUT2D eigenvalue weighted by atomic mass is 10.0. The maximum absolute atomic E-state index is 14.4. The SMILES string of the molecule is CC(C)CC(=O)NCC(c1c(F)cccc1Cl)N1CCOC(C)C1. The Hall–Kier alpha value is -1.17. The van der Waals surface area contributed by atoms with Crippen molar-refractivity contribution in [3.63, 3.8) is 0 Å². The summed E-state index contributed by atoms with van der Waals surface area (Å²) in [6, 6.07) is 4.39. The van der Waals surface area contributed by atoms with Crippen molar-refractivity contribution in [1.29, 1.82) is 0 Å². The first-order valence-corrected chi connectivity index (χ1v) is 8.82. The number of nitrogens with zero attached hydrogens (tertiary/aromatic N) is 1. The van der Waals surface area contributed by atoms with Gasteiger partial charge in [-0.1, -0.05) is 31.5 Å². The van der Waals surface area contributed by atoms with Crippen LogP contribution in [0.1, 0.15) is 38.8 Å². The van der Waals surface area contributed by atoms with Gasteiger partial charge in [0.25, 0.3) is 0 Å². The van der Waals surface area contributed by atoms with Crippen LogP contribution < -0.4 is 5.32 Å². The van der Waals surface area contributed by atoms with E-state index in [1.54, 1.807) is 12.1 Å². The summed E-state index contributed by atoms with van der Waals surface area (Å²) in [4.78, 5) is 14.2. The molecule has 1 N–H and O–H groups in total. The highest BCUT2D eigenvalue weighted by Gasteiger charge is 2.29. The van der Waals surface area contributed by atoms with Crippen LogP contribution in [0.4, 0.5) is 4.39 Å². The Morgan fingerprint density at radius 1 is 1.50 bits per heavy atom. The minimum absolute atomic E-state index is 0.0243. The molecule has 134 valence electrons. The van der Waals surface area contributed by atoms with Crippen molar-refractivity contribution in [2.75, 3.05) is 26.2 Å². The summed E-state index contributed by atoms with van der Waals surface area (Å²) in [5.41, 5.74) is 0.443. The summed E-state index contributed by atoms with van der Waals surface area (Å²) < 4.78 is 20.0. The van der Waals surface area contributed by atoms with E-state index in [-0.39, 0.29) is 29.8 Å². The maximum Gasteiger partial charge on any atom is 0.220 e. The second-order valence-electron chi connectivity index (χ2n) is 6.73. The van der Waals surface area contributed by atoms with E-state index in [2.05, 4.69) is 10.2 Å². The molecule has 1 aliphatic heterocycles. The highest BCUT2D eigenvalue weighted by atomic mass is 35.5. The molecule has 4 nitrogen and oxygen atoms in total. The van der Waals surface area contributed by atoms with Gasteiger partial charge in [0.1, 0.15) is 5.82 Å². The van der Waals surface area contributed by atoms with Crippen LogP contribution in [-0.2, 0) is 9.53 Å². The summed E-state index contributed by atoms with van der Waals surface area (Å²) in [6.07, 6.45) is 0.523. The van der Waals surface area contributed by atoms with Gasteiger partial charge in [0, 0.05) is 36.6 Å². The van der Waals surface area contributed by atoms with Gasteiger partial charge in [-0.05, 0) is 25.0 Å². The Morgan fingerprint density at radius 3 is 2.88 bits per heavy atom. The molecule has 1 heterocycles. The number of benzene rings is 1. The smallest absolute Gasteiger partial charge is 0.220 e. The van der Waals surface area contributed by atoms with Gasteiger partial charge in [0.15, 0.2) is 0 Å². The molecule has 0 radical (unpaired) electrons. The zero-order valence-corrected chi connectivity index (χ0v) is 15.3. The predicted molar refractivity (Wildman–Crippen MR) is 93.6 cm³/mol. The van der Waals surface area contributed by atoms with Crippen molar-refractivity contribution in [3.8, 4) is 0 Å². The van der Waals surface area contributed by atoms with Crippen molar-refractivity contribution < 1.29 is 13.9 Å². The molecule has 0 bridgehead atoms. The van der Waals surface area contributed by atoms with Gasteiger partial charge in [-0.3, -0.25) is 9.69 Å². The van der Waals surface area contributed by atoms with E-state index in [1.165, 1.54) is 6.07 Å². The Morgan fingerprint density at radius 2 is 2.25 bits per heavy atom. The quantitative estimate of drug-likeness (QED) is 0.849. The minimum Gasteiger partial charge on any atom is -0.376 e. The van der Waals surface area contributed by atoms with Crippen molar-refractivity contribution in [2.45, 2.75) is 39.3 Å². The van der Waals surface area contributed by atoms with Gasteiger partial charge in [-0.2, -0.15) is 0 Å². The normalized spacial score (nSPS) is 20.2. The van der Waals surface area contributed by atoms with Crippen LogP contribution in [0.15, 0.2) is 18.2 Å². The molecule has 2 rings (SSSR count). The van der Waals surface area contributed by atoms with E-state index in [0.29, 0.717) is 43.2 Å². The summed E-state index contributed by atoms with van der Waals surface area (Å²) in [5.74, 6) is -0.0857. The molecular formula is C18H26ClFN2O2. The predicted octanol–water partition coefficient (Wildman–Crippen LogP) is 3.40. The molecule has 1 aliphatic rings. The molecule has 0 aliphatic carbocycles. The van der Waals surface area contributed by atoms with Crippen LogP contribution in [0.3, 0.4) is 0 Å². The molecule has 1 aromatic rings. The van der Waals surface area contributed by atoms with Crippen molar-refractivity contribution >= 4 is 17.5 Å². The average Bonchev–Trinajstić information content (AvgIpc) is 2.49. The van der Waals surface area contributed by atoms with Crippen LogP contribution in [0, 0.1) is 11.7 Å². The standard InChI is InChI=1S/C18H26ClFN2O2/c1-12(2)9-17(23)21-10-16(22-7-8-24-13(3)11-22)18-14(19)5-4-6-15(18)20/h4-6,12-13,16H,7-11H2,1-3H3,(H,21,23). The zero-order chi connectivity index (χ0) is 17.7. The molecule has 0 aromatic heterocycles. The van der Waals surface area contributed by atoms with Crippen LogP contribution in [-0.4, -0.2) is 43.2 Å². The molecular weight excluding hydrogens is 331 g/mol. The molecule has 0 spiro atoms. The van der Waals surface area contributed by atoms with E-state index in [4.69, 9.17) is 16.3 Å². The highest BCUT2D eigenvalue weighted by molar-refractivity contribution is 6.31. The monoisotopic (exact) mass is 356 g/mol. The van der Waals surface area contributed by atoms with E-state index in [0.717, 1.165) is 0 Å². The third-order valence-corrected chi connectivity index (χ3v) is 4.46. The number of halogens is 2. The van der Waals surface area contributed by atoms with Crippen LogP contribution in [0.2, 0.25) is 5.02 Å². The number of rotatable bonds is 6. The number of carbonyl (C=O) groups excluding carboxylic acids is 1. The number of hydrogen-bond donors (Lipinski definition) is 1. The first kappa shape index (κ1) is 19.2. The number of nitrogens with one attached hydrogen (secondary N) is 1. The van der Waals surface area contributed by atoms with E-state index < -0.39 is 0 Å². The minimum atomic E-state index is -0.343. The molecule has 2 unspecified atom stereocenters. The van der Waals surface area contributed by atoms with Gasteiger partial charge < -0.3 is 10.1 Å². The summed E-state index contributed by atoms with van der Waals surface area (Å²) in [6.45, 7) is 8.25. The fourth-order valence-electron chi connectivity index (χ4n) is 3.02. The molecule has 0 saturated carbocycles. The topological polar surface area (TPSA) is 41.6 Å². The second kappa shape index (κ2) is 8.79. The van der Waals surface area contributed by atoms with Crippen LogP contribution in [0.5, 0.6) is 0 Å². The van der Waals surface area contributed by atoms with Gasteiger partial charge in [-0.15, -0.1) is 0 Å². The summed E-state index contributed by atoms with van der Waals surface area (Å²) >= 11 is 6.27. The fourth-order valence-corrected chi connectivity index (χ4v) is 3.31. The second-order valence-corrected chi connectivity index (χ2v) is 7.14. The van der Waals surface area contributed by atoms with Crippen LogP contribution in [0.25, 0.3) is 0 Å². The Kier molecular flexibility index (Phi) is 7.02. The lowest BCUT2D eigenvalue weighted by molar-refractivity contribution is -0.122. The number of carbonyl (C=O) groups is 1. The van der Waals surface area contributed by atoms with Gasteiger partial charge >= 0.3 is 0 Å². The zero-order valence-electron chi connectivity index (χ0n) is 14.5. The maximum atomic E-state index is 14.4. The molecule has 2 atom stereocenters. The Labute approximate surface area is 148 Å². The molecule has 1 fully saturated rings. The molecule has 1 saturated heterocycles. The number of hydrogen-bond acceptors (Lipinski definition) is 3. The van der Waals surface area contributed by atoms with Crippen molar-refractivity contribution in [3.05, 3.63) is 34.6 Å². The van der Waals surface area contributed by atoms with E-state index in [1.807, 2.05) is 20.8 Å². The number of morpholine rings is 1. The highest BCUT2D eigenvalue weighted by Crippen LogP contribution is 2.31. The molecule has 1 amide bonds. The average molecular weight is 357 g/mol.